The van der Waals surface area contributed by atoms with Gasteiger partial charge in [0.15, 0.2) is 0 Å². The maximum atomic E-state index is 13.0. The monoisotopic (exact) mass is 508 g/mol. The van der Waals surface area contributed by atoms with E-state index >= 15 is 0 Å². The van der Waals surface area contributed by atoms with Crippen molar-refractivity contribution < 1.29 is 9.53 Å². The molecule has 36 heavy (non-hydrogen) atoms. The van der Waals surface area contributed by atoms with Crippen LogP contribution in [0.2, 0.25) is 0 Å². The second-order valence-corrected chi connectivity index (χ2v) is 11.9. The zero-order valence-electron chi connectivity index (χ0n) is 23.3. The molecule has 0 saturated carbocycles. The number of carbonyl (C=O) groups excluding carboxylic acids is 1. The number of aryl methyl sites for hydroxylation is 1. The first kappa shape index (κ1) is 28.4. The maximum Gasteiger partial charge on any atom is 0.252 e. The fourth-order valence-corrected chi connectivity index (χ4v) is 6.08. The van der Waals surface area contributed by atoms with Crippen LogP contribution in [-0.4, -0.2) is 48.2 Å². The van der Waals surface area contributed by atoms with Crippen molar-refractivity contribution in [1.29, 1.82) is 0 Å². The number of methoxy groups -OCH3 is 1. The number of amides is 1. The molecule has 0 saturated heterocycles. The van der Waals surface area contributed by atoms with E-state index < -0.39 is 0 Å². The Bertz CT molecular complexity index is 1040. The third-order valence-electron chi connectivity index (χ3n) is 7.34. The summed E-state index contributed by atoms with van der Waals surface area (Å²) in [5.41, 5.74) is 4.79. The van der Waals surface area contributed by atoms with Crippen LogP contribution in [0.1, 0.15) is 70.9 Å². The molecular formula is C31H45N2O2P. The molecule has 4 rings (SSSR count). The van der Waals surface area contributed by atoms with Crippen molar-refractivity contribution in [3.05, 3.63) is 71.0 Å². The molecule has 0 aromatic heterocycles. The molecule has 1 aromatic rings. The molecule has 1 amide bonds. The van der Waals surface area contributed by atoms with E-state index in [1.54, 1.807) is 7.11 Å². The van der Waals surface area contributed by atoms with Gasteiger partial charge in [0, 0.05) is 18.3 Å². The fourth-order valence-electron chi connectivity index (χ4n) is 4.70. The van der Waals surface area contributed by atoms with Crippen molar-refractivity contribution >= 4 is 19.8 Å². The Morgan fingerprint density at radius 1 is 1.25 bits per heavy atom. The summed E-state index contributed by atoms with van der Waals surface area (Å²) in [7, 11) is 4.46. The van der Waals surface area contributed by atoms with Crippen LogP contribution in [0.25, 0.3) is 5.31 Å². The highest BCUT2D eigenvalue weighted by atomic mass is 31.1. The predicted molar refractivity (Wildman–Crippen MR) is 156 cm³/mol. The van der Waals surface area contributed by atoms with Gasteiger partial charge in [0.2, 0.25) is 0 Å². The lowest BCUT2D eigenvalue weighted by molar-refractivity contribution is -0.123. The fraction of sp³-hybridized carbons (Fsp3) is 0.516. The van der Waals surface area contributed by atoms with Crippen molar-refractivity contribution in [3.63, 3.8) is 0 Å². The summed E-state index contributed by atoms with van der Waals surface area (Å²) in [6.45, 7) is 12.1. The number of fused-ring (bicyclic) bond motifs is 1. The number of benzene rings is 1. The van der Waals surface area contributed by atoms with Crippen LogP contribution in [0.3, 0.4) is 0 Å². The molecule has 196 valence electrons. The molecule has 0 fully saturated rings. The van der Waals surface area contributed by atoms with Crippen molar-refractivity contribution in [2.75, 3.05) is 20.7 Å². The maximum absolute atomic E-state index is 13.0. The van der Waals surface area contributed by atoms with Gasteiger partial charge in [-0.25, -0.2) is 0 Å². The summed E-state index contributed by atoms with van der Waals surface area (Å²) in [4.78, 5) is 17.4. The first-order chi connectivity index (χ1) is 17.3. The first-order valence-corrected chi connectivity index (χ1v) is 14.6. The number of ether oxygens (including phenoxy) is 1. The summed E-state index contributed by atoms with van der Waals surface area (Å²) in [5, 5.41) is 1.12. The van der Waals surface area contributed by atoms with E-state index in [4.69, 9.17) is 4.74 Å². The van der Waals surface area contributed by atoms with Gasteiger partial charge in [-0.15, -0.1) is 0 Å². The van der Waals surface area contributed by atoms with Gasteiger partial charge in [0.05, 0.1) is 12.9 Å². The molecule has 2 aliphatic heterocycles. The number of allylic oxidation sites excluding steroid dienone is 3. The number of rotatable bonds is 7. The van der Waals surface area contributed by atoms with E-state index in [9.17, 15) is 4.79 Å². The van der Waals surface area contributed by atoms with Gasteiger partial charge >= 0.3 is 0 Å². The largest absolute Gasteiger partial charge is 0.496 e. The highest BCUT2D eigenvalue weighted by molar-refractivity contribution is 7.51. The third-order valence-corrected chi connectivity index (χ3v) is 8.85. The van der Waals surface area contributed by atoms with Crippen molar-refractivity contribution in [1.82, 2.24) is 9.80 Å². The minimum Gasteiger partial charge on any atom is -0.496 e. The SMILES string of the molecule is CCC(C)C.CCCN(C)C1CC=C(C2=CN3C(=O)C=C(c4ccc(OC)c(C)c4)PC3C=C2)CC1. The van der Waals surface area contributed by atoms with E-state index in [2.05, 4.69) is 76.2 Å². The molecule has 3 aliphatic rings. The van der Waals surface area contributed by atoms with Gasteiger partial charge in [-0.2, -0.15) is 0 Å². The lowest BCUT2D eigenvalue weighted by Crippen LogP contribution is -2.36. The Balaban J connectivity index is 0.000000658. The lowest BCUT2D eigenvalue weighted by Gasteiger charge is -2.35. The number of carbonyl (C=O) groups is 1. The van der Waals surface area contributed by atoms with Crippen LogP contribution >= 0.6 is 8.58 Å². The normalized spacial score (nSPS) is 22.1. The van der Waals surface area contributed by atoms with Crippen molar-refractivity contribution in [2.24, 2.45) is 5.92 Å². The zero-order valence-corrected chi connectivity index (χ0v) is 24.3. The Morgan fingerprint density at radius 2 is 2.00 bits per heavy atom. The summed E-state index contributed by atoms with van der Waals surface area (Å²) in [6.07, 6.45) is 16.6. The highest BCUT2D eigenvalue weighted by Crippen LogP contribution is 2.45. The minimum absolute atomic E-state index is 0.0750. The van der Waals surface area contributed by atoms with E-state index in [1.807, 2.05) is 24.0 Å². The molecule has 5 heteroatoms. The summed E-state index contributed by atoms with van der Waals surface area (Å²) in [5.74, 6) is 1.96. The Hall–Kier alpha value is -2.16. The third kappa shape index (κ3) is 7.20. The zero-order chi connectivity index (χ0) is 26.2. The summed E-state index contributed by atoms with van der Waals surface area (Å²) < 4.78 is 5.38. The van der Waals surface area contributed by atoms with Gasteiger partial charge in [-0.1, -0.05) is 67.0 Å². The van der Waals surface area contributed by atoms with E-state index in [0.717, 1.165) is 47.5 Å². The predicted octanol–water partition coefficient (Wildman–Crippen LogP) is 7.52. The number of hydrogen-bond donors (Lipinski definition) is 0. The number of nitrogens with zero attached hydrogens (tertiary/aromatic N) is 2. The van der Waals surface area contributed by atoms with Crippen LogP contribution in [-0.2, 0) is 4.79 Å². The van der Waals surface area contributed by atoms with Crippen LogP contribution in [0, 0.1) is 12.8 Å². The molecule has 0 spiro atoms. The van der Waals surface area contributed by atoms with E-state index in [1.165, 1.54) is 30.4 Å². The minimum atomic E-state index is 0.0750. The van der Waals surface area contributed by atoms with Gasteiger partial charge in [0.1, 0.15) is 5.75 Å². The van der Waals surface area contributed by atoms with Gasteiger partial charge in [0.25, 0.3) is 5.91 Å². The van der Waals surface area contributed by atoms with E-state index in [0.29, 0.717) is 14.6 Å². The molecule has 4 nitrogen and oxygen atoms in total. The topological polar surface area (TPSA) is 32.8 Å². The molecule has 2 heterocycles. The Labute approximate surface area is 220 Å². The molecule has 1 aromatic carbocycles. The summed E-state index contributed by atoms with van der Waals surface area (Å²) >= 11 is 0. The molecule has 0 N–H and O–H groups in total. The average Bonchev–Trinajstić information content (AvgIpc) is 2.89. The Kier molecular flexibility index (Phi) is 10.6. The highest BCUT2D eigenvalue weighted by Gasteiger charge is 2.29. The van der Waals surface area contributed by atoms with Crippen LogP contribution in [0.5, 0.6) is 5.75 Å². The molecule has 1 aliphatic carbocycles. The van der Waals surface area contributed by atoms with Gasteiger partial charge in [-0.05, 0) is 91.8 Å². The van der Waals surface area contributed by atoms with Crippen LogP contribution in [0.4, 0.5) is 0 Å². The van der Waals surface area contributed by atoms with Gasteiger partial charge < -0.3 is 14.5 Å². The van der Waals surface area contributed by atoms with Crippen LogP contribution in [0.15, 0.2) is 59.8 Å². The summed E-state index contributed by atoms with van der Waals surface area (Å²) in [6, 6.07) is 6.80. The molecule has 3 atom stereocenters. The van der Waals surface area contributed by atoms with Crippen molar-refractivity contribution in [3.8, 4) is 5.75 Å². The number of hydrogen-bond acceptors (Lipinski definition) is 3. The first-order valence-electron chi connectivity index (χ1n) is 13.5. The molecular weight excluding hydrogens is 463 g/mol. The Morgan fingerprint density at radius 3 is 2.58 bits per heavy atom. The quantitative estimate of drug-likeness (QED) is 0.357. The van der Waals surface area contributed by atoms with E-state index in [-0.39, 0.29) is 11.7 Å². The molecule has 0 bridgehead atoms. The van der Waals surface area contributed by atoms with Crippen LogP contribution < -0.4 is 4.74 Å². The van der Waals surface area contributed by atoms with Gasteiger partial charge in [-0.3, -0.25) is 4.79 Å². The molecule has 3 unspecified atom stereocenters. The standard InChI is InChI=1S/C26H33N2O2P.C5H12/c1-5-14-27(3)22-10-6-19(7-11-22)21-9-13-26-28(17-21)25(29)16-24(31-26)20-8-12-23(30-4)18(2)15-20;1-4-5(2)3/h6,8-9,12-13,15-17,22,26,31H,5,7,10-11,14H2,1-4H3;5H,4H2,1-3H3. The lowest BCUT2D eigenvalue weighted by atomic mass is 9.89. The second kappa shape index (κ2) is 13.4. The smallest absolute Gasteiger partial charge is 0.252 e. The molecule has 0 radical (unpaired) electrons. The second-order valence-electron chi connectivity index (χ2n) is 10.5. The average molecular weight is 509 g/mol. The van der Waals surface area contributed by atoms with Crippen molar-refractivity contribution in [2.45, 2.75) is 78.5 Å².